The van der Waals surface area contributed by atoms with Gasteiger partial charge < -0.3 is 20.3 Å². The third kappa shape index (κ3) is 6.85. The van der Waals surface area contributed by atoms with Crippen molar-refractivity contribution in [3.8, 4) is 5.75 Å². The van der Waals surface area contributed by atoms with Crippen molar-refractivity contribution in [2.24, 2.45) is 0 Å². The van der Waals surface area contributed by atoms with Gasteiger partial charge in [-0.15, -0.1) is 11.3 Å². The number of hydrogen-bond acceptors (Lipinski definition) is 4. The highest BCUT2D eigenvalue weighted by Gasteiger charge is 2.16. The van der Waals surface area contributed by atoms with Gasteiger partial charge in [0.1, 0.15) is 5.75 Å². The molecule has 0 aliphatic heterocycles. The van der Waals surface area contributed by atoms with E-state index in [2.05, 4.69) is 16.7 Å². The zero-order valence-corrected chi connectivity index (χ0v) is 16.0. The number of carbonyl (C=O) groups is 2. The molecule has 2 rings (SSSR count). The largest absolute Gasteiger partial charge is 0.497 e. The van der Waals surface area contributed by atoms with Crippen LogP contribution < -0.4 is 20.3 Å². The molecule has 0 saturated carbocycles. The number of ether oxygens (including phenoxy) is 1. The van der Waals surface area contributed by atoms with Gasteiger partial charge in [0.25, 0.3) is 11.8 Å². The van der Waals surface area contributed by atoms with E-state index in [1.54, 1.807) is 24.5 Å². The molecule has 140 valence electrons. The highest BCUT2D eigenvalue weighted by atomic mass is 32.1. The lowest BCUT2D eigenvalue weighted by Gasteiger charge is -2.17. The molecule has 1 heterocycles. The van der Waals surface area contributed by atoms with E-state index >= 15 is 0 Å². The molecule has 0 fully saturated rings. The first-order valence-electron chi connectivity index (χ1n) is 8.67. The van der Waals surface area contributed by atoms with E-state index in [4.69, 9.17) is 4.74 Å². The van der Waals surface area contributed by atoms with Gasteiger partial charge in [-0.1, -0.05) is 12.1 Å². The third-order valence-corrected chi connectivity index (χ3v) is 4.88. The summed E-state index contributed by atoms with van der Waals surface area (Å²) in [6, 6.07) is 11.3. The van der Waals surface area contributed by atoms with Gasteiger partial charge in [0.05, 0.1) is 13.7 Å². The van der Waals surface area contributed by atoms with Gasteiger partial charge in [-0.3, -0.25) is 9.59 Å². The van der Waals surface area contributed by atoms with Gasteiger partial charge in [-0.2, -0.15) is 0 Å². The minimum Gasteiger partial charge on any atom is -0.497 e. The molecular formula is C19H26N3O3S+. The lowest BCUT2D eigenvalue weighted by molar-refractivity contribution is -0.881. The summed E-state index contributed by atoms with van der Waals surface area (Å²) in [6.45, 7) is 3.81. The van der Waals surface area contributed by atoms with Crippen molar-refractivity contribution >= 4 is 28.8 Å². The summed E-state index contributed by atoms with van der Waals surface area (Å²) < 4.78 is 5.15. The van der Waals surface area contributed by atoms with Gasteiger partial charge in [0, 0.05) is 23.2 Å². The second kappa shape index (κ2) is 10.6. The molecule has 2 aromatic rings. The Labute approximate surface area is 158 Å². The van der Waals surface area contributed by atoms with Crippen LogP contribution in [0.25, 0.3) is 0 Å². The fourth-order valence-corrected chi connectivity index (χ4v) is 3.22. The molecule has 0 aliphatic carbocycles. The van der Waals surface area contributed by atoms with Crippen LogP contribution in [0.2, 0.25) is 0 Å². The molecule has 1 atom stereocenters. The van der Waals surface area contributed by atoms with Crippen LogP contribution in [0.3, 0.4) is 0 Å². The molecule has 0 aliphatic rings. The van der Waals surface area contributed by atoms with E-state index in [-0.39, 0.29) is 24.9 Å². The fourth-order valence-electron chi connectivity index (χ4n) is 2.52. The quantitative estimate of drug-likeness (QED) is 0.578. The Hall–Kier alpha value is -2.38. The fraction of sp³-hybridized carbons (Fsp3) is 0.368. The molecule has 0 radical (unpaired) electrons. The second-order valence-corrected chi connectivity index (χ2v) is 6.95. The average molecular weight is 377 g/mol. The number of rotatable bonds is 10. The zero-order valence-electron chi connectivity index (χ0n) is 15.2. The first-order valence-corrected chi connectivity index (χ1v) is 9.55. The summed E-state index contributed by atoms with van der Waals surface area (Å²) in [4.78, 5) is 26.5. The van der Waals surface area contributed by atoms with Crippen LogP contribution in [0.1, 0.15) is 11.8 Å². The Morgan fingerprint density at radius 2 is 1.96 bits per heavy atom. The Morgan fingerprint density at radius 1 is 1.15 bits per heavy atom. The van der Waals surface area contributed by atoms with Crippen LogP contribution in [0.15, 0.2) is 41.8 Å². The molecule has 7 heteroatoms. The summed E-state index contributed by atoms with van der Waals surface area (Å²) in [5.41, 5.74) is 0.685. The van der Waals surface area contributed by atoms with Crippen LogP contribution in [0.4, 0.5) is 5.69 Å². The lowest BCUT2D eigenvalue weighted by Crippen LogP contribution is -3.14. The van der Waals surface area contributed by atoms with E-state index in [1.165, 1.54) is 4.88 Å². The zero-order chi connectivity index (χ0) is 18.8. The molecule has 1 unspecified atom stereocenters. The van der Waals surface area contributed by atoms with Crippen molar-refractivity contribution in [1.29, 1.82) is 0 Å². The smallest absolute Gasteiger partial charge is 0.279 e. The van der Waals surface area contributed by atoms with Crippen LogP contribution in [-0.2, 0) is 16.0 Å². The number of carbonyl (C=O) groups excluding carboxylic acids is 2. The molecule has 0 bridgehead atoms. The van der Waals surface area contributed by atoms with Crippen molar-refractivity contribution in [1.82, 2.24) is 5.32 Å². The molecule has 1 aromatic heterocycles. The van der Waals surface area contributed by atoms with Crippen LogP contribution >= 0.6 is 11.3 Å². The molecule has 6 nitrogen and oxygen atoms in total. The molecule has 26 heavy (non-hydrogen) atoms. The first-order chi connectivity index (χ1) is 12.6. The predicted octanol–water partition coefficient (Wildman–Crippen LogP) is 0.959. The normalized spacial score (nSPS) is 11.6. The summed E-state index contributed by atoms with van der Waals surface area (Å²) in [5.74, 6) is 0.529. The number of thiophene rings is 1. The van der Waals surface area contributed by atoms with Gasteiger partial charge in [-0.05, 0) is 36.9 Å². The van der Waals surface area contributed by atoms with Crippen molar-refractivity contribution in [3.05, 3.63) is 46.7 Å². The highest BCUT2D eigenvalue weighted by molar-refractivity contribution is 7.09. The minimum atomic E-state index is -0.124. The Morgan fingerprint density at radius 3 is 2.65 bits per heavy atom. The van der Waals surface area contributed by atoms with Gasteiger partial charge in [0.15, 0.2) is 13.1 Å². The summed E-state index contributed by atoms with van der Waals surface area (Å²) >= 11 is 1.69. The molecule has 1 aromatic carbocycles. The predicted molar refractivity (Wildman–Crippen MR) is 104 cm³/mol. The Bertz CT molecular complexity index is 704. The van der Waals surface area contributed by atoms with E-state index in [9.17, 15) is 9.59 Å². The maximum atomic E-state index is 12.2. The summed E-state index contributed by atoms with van der Waals surface area (Å²) in [6.07, 6.45) is 0.835. The van der Waals surface area contributed by atoms with E-state index in [0.717, 1.165) is 11.3 Å². The number of amides is 2. The molecule has 3 N–H and O–H groups in total. The average Bonchev–Trinajstić information content (AvgIpc) is 3.14. The van der Waals surface area contributed by atoms with Gasteiger partial charge in [-0.25, -0.2) is 0 Å². The topological polar surface area (TPSA) is 71.9 Å². The number of anilines is 1. The molecule has 2 amide bonds. The van der Waals surface area contributed by atoms with E-state index < -0.39 is 0 Å². The molecular weight excluding hydrogens is 350 g/mol. The number of quaternary nitrogens is 1. The van der Waals surface area contributed by atoms with E-state index in [0.29, 0.717) is 24.5 Å². The number of hydrogen-bond donors (Lipinski definition) is 3. The standard InChI is InChI=1S/C19H25N3O3S/c1-3-22(13-18(23)20-10-9-17-8-5-11-26-17)14-19(24)21-15-6-4-7-16(12-15)25-2/h4-8,11-12H,3,9-10,13-14H2,1-2H3,(H,20,23)(H,21,24)/p+1. The van der Waals surface area contributed by atoms with Crippen molar-refractivity contribution in [2.75, 3.05) is 38.6 Å². The number of benzene rings is 1. The van der Waals surface area contributed by atoms with Crippen molar-refractivity contribution in [2.45, 2.75) is 13.3 Å². The highest BCUT2D eigenvalue weighted by Crippen LogP contribution is 2.16. The van der Waals surface area contributed by atoms with Crippen LogP contribution in [-0.4, -0.2) is 45.1 Å². The second-order valence-electron chi connectivity index (χ2n) is 5.92. The third-order valence-electron chi connectivity index (χ3n) is 3.95. The van der Waals surface area contributed by atoms with Crippen LogP contribution in [0, 0.1) is 0 Å². The Balaban J connectivity index is 1.74. The van der Waals surface area contributed by atoms with Crippen LogP contribution in [0.5, 0.6) is 5.75 Å². The number of likely N-dealkylation sites (N-methyl/N-ethyl adjacent to an activating group) is 1. The lowest BCUT2D eigenvalue weighted by atomic mass is 10.3. The SMILES string of the molecule is CC[NH+](CC(=O)NCCc1cccs1)CC(=O)Nc1cccc(OC)c1. The van der Waals surface area contributed by atoms with Gasteiger partial charge >= 0.3 is 0 Å². The minimum absolute atomic E-state index is 0.0346. The van der Waals surface area contributed by atoms with Crippen molar-refractivity contribution < 1.29 is 19.2 Å². The summed E-state index contributed by atoms with van der Waals surface area (Å²) in [5, 5.41) is 7.80. The number of methoxy groups -OCH3 is 1. The maximum absolute atomic E-state index is 12.2. The molecule has 0 spiro atoms. The Kier molecular flexibility index (Phi) is 8.11. The van der Waals surface area contributed by atoms with E-state index in [1.807, 2.05) is 36.6 Å². The number of nitrogens with one attached hydrogen (secondary N) is 3. The maximum Gasteiger partial charge on any atom is 0.279 e. The first kappa shape index (κ1) is 19.9. The summed E-state index contributed by atoms with van der Waals surface area (Å²) in [7, 11) is 1.58. The van der Waals surface area contributed by atoms with Crippen molar-refractivity contribution in [3.63, 3.8) is 0 Å². The monoisotopic (exact) mass is 376 g/mol. The molecule has 0 saturated heterocycles. The van der Waals surface area contributed by atoms with Gasteiger partial charge in [0.2, 0.25) is 0 Å².